The first-order valence-electron chi connectivity index (χ1n) is 7.58. The summed E-state index contributed by atoms with van der Waals surface area (Å²) in [4.78, 5) is 8.90. The van der Waals surface area contributed by atoms with Gasteiger partial charge in [-0.15, -0.1) is 0 Å². The third-order valence-electron chi connectivity index (χ3n) is 3.89. The highest BCUT2D eigenvalue weighted by Crippen LogP contribution is 2.22. The lowest BCUT2D eigenvalue weighted by molar-refractivity contribution is 0.712. The van der Waals surface area contributed by atoms with Crippen LogP contribution >= 0.6 is 0 Å². The molecule has 0 amide bonds. The summed E-state index contributed by atoms with van der Waals surface area (Å²) in [6, 6.07) is 8.13. The van der Waals surface area contributed by atoms with Crippen molar-refractivity contribution in [3.8, 4) is 11.3 Å². The lowest BCUT2D eigenvalue weighted by Gasteiger charge is -2.09. The average Bonchev–Trinajstić information content (AvgIpc) is 2.56. The van der Waals surface area contributed by atoms with E-state index in [2.05, 4.69) is 41.2 Å². The smallest absolute Gasteiger partial charge is 0.0717 e. The van der Waals surface area contributed by atoms with Crippen LogP contribution in [0.1, 0.15) is 36.9 Å². The second-order valence-electron chi connectivity index (χ2n) is 5.47. The van der Waals surface area contributed by atoms with Crippen molar-refractivity contribution >= 4 is 6.08 Å². The predicted octanol–water partition coefficient (Wildman–Crippen LogP) is 4.97. The van der Waals surface area contributed by atoms with E-state index in [0.29, 0.717) is 0 Å². The molecular formula is C19H20N2. The molecule has 0 N–H and O–H groups in total. The second-order valence-corrected chi connectivity index (χ2v) is 5.47. The highest BCUT2D eigenvalue weighted by Gasteiger charge is 2.04. The van der Waals surface area contributed by atoms with Crippen molar-refractivity contribution in [1.82, 2.24) is 9.97 Å². The SMILES string of the molecule is Cc1ncc(-c2ccccn2)cc1/C=C/C1=CCCCC1. The fourth-order valence-electron chi connectivity index (χ4n) is 2.60. The Bertz CT molecular complexity index is 669. The lowest BCUT2D eigenvalue weighted by atomic mass is 9.98. The molecule has 2 nitrogen and oxygen atoms in total. The van der Waals surface area contributed by atoms with E-state index in [1.807, 2.05) is 30.6 Å². The molecule has 1 aliphatic carbocycles. The van der Waals surface area contributed by atoms with E-state index in [-0.39, 0.29) is 0 Å². The number of allylic oxidation sites excluding steroid dienone is 3. The maximum absolute atomic E-state index is 4.51. The zero-order valence-corrected chi connectivity index (χ0v) is 12.4. The summed E-state index contributed by atoms with van der Waals surface area (Å²) in [5.41, 5.74) is 5.71. The second kappa shape index (κ2) is 6.49. The van der Waals surface area contributed by atoms with Crippen LogP contribution in [0.2, 0.25) is 0 Å². The summed E-state index contributed by atoms with van der Waals surface area (Å²) in [5.74, 6) is 0. The molecule has 0 radical (unpaired) electrons. The average molecular weight is 276 g/mol. The maximum Gasteiger partial charge on any atom is 0.0717 e. The van der Waals surface area contributed by atoms with Gasteiger partial charge in [0.25, 0.3) is 0 Å². The van der Waals surface area contributed by atoms with E-state index in [1.165, 1.54) is 36.8 Å². The Morgan fingerprint density at radius 2 is 2.05 bits per heavy atom. The normalized spacial score (nSPS) is 15.2. The molecule has 0 spiro atoms. The first kappa shape index (κ1) is 13.7. The maximum atomic E-state index is 4.51. The largest absolute Gasteiger partial charge is 0.260 e. The molecule has 2 heterocycles. The number of rotatable bonds is 3. The van der Waals surface area contributed by atoms with Gasteiger partial charge in [-0.25, -0.2) is 0 Å². The van der Waals surface area contributed by atoms with E-state index in [4.69, 9.17) is 0 Å². The van der Waals surface area contributed by atoms with Gasteiger partial charge in [-0.3, -0.25) is 9.97 Å². The van der Waals surface area contributed by atoms with Gasteiger partial charge in [0.05, 0.1) is 5.69 Å². The van der Waals surface area contributed by atoms with Gasteiger partial charge in [0.1, 0.15) is 0 Å². The summed E-state index contributed by atoms with van der Waals surface area (Å²) in [6.07, 6.45) is 15.5. The molecule has 2 heteroatoms. The number of hydrogen-bond donors (Lipinski definition) is 0. The standard InChI is InChI=1S/C19H20N2/c1-15-17(11-10-16-7-3-2-4-8-16)13-18(14-21-15)19-9-5-6-12-20-19/h5-7,9-14H,2-4,8H2,1H3/b11-10+. The number of pyridine rings is 2. The summed E-state index contributed by atoms with van der Waals surface area (Å²) in [6.45, 7) is 2.05. The van der Waals surface area contributed by atoms with Crippen molar-refractivity contribution in [2.75, 3.05) is 0 Å². The molecule has 2 aromatic heterocycles. The first-order chi connectivity index (χ1) is 10.3. The van der Waals surface area contributed by atoms with Gasteiger partial charge in [-0.2, -0.15) is 0 Å². The van der Waals surface area contributed by atoms with E-state index >= 15 is 0 Å². The number of nitrogens with zero attached hydrogens (tertiary/aromatic N) is 2. The number of aromatic nitrogens is 2. The van der Waals surface area contributed by atoms with E-state index in [1.54, 1.807) is 0 Å². The Balaban J connectivity index is 1.88. The highest BCUT2D eigenvalue weighted by molar-refractivity contribution is 5.65. The quantitative estimate of drug-likeness (QED) is 0.791. The molecule has 0 atom stereocenters. The predicted molar refractivity (Wildman–Crippen MR) is 87.8 cm³/mol. The van der Waals surface area contributed by atoms with Crippen LogP contribution in [0.3, 0.4) is 0 Å². The molecule has 1 aliphatic rings. The van der Waals surface area contributed by atoms with Crippen molar-refractivity contribution in [3.63, 3.8) is 0 Å². The molecule has 0 fully saturated rings. The Morgan fingerprint density at radius 3 is 2.81 bits per heavy atom. The van der Waals surface area contributed by atoms with Crippen LogP contribution in [0.4, 0.5) is 0 Å². The molecule has 106 valence electrons. The third kappa shape index (κ3) is 3.46. The highest BCUT2D eigenvalue weighted by atomic mass is 14.7. The summed E-state index contributed by atoms with van der Waals surface area (Å²) in [7, 11) is 0. The molecule has 0 aliphatic heterocycles. The van der Waals surface area contributed by atoms with Crippen LogP contribution in [0.5, 0.6) is 0 Å². The summed E-state index contributed by atoms with van der Waals surface area (Å²) < 4.78 is 0. The molecule has 21 heavy (non-hydrogen) atoms. The fraction of sp³-hybridized carbons (Fsp3) is 0.263. The van der Waals surface area contributed by atoms with Crippen LogP contribution in [-0.2, 0) is 0 Å². The van der Waals surface area contributed by atoms with Crippen molar-refractivity contribution in [1.29, 1.82) is 0 Å². The molecule has 0 saturated heterocycles. The Morgan fingerprint density at radius 1 is 1.10 bits per heavy atom. The van der Waals surface area contributed by atoms with Gasteiger partial charge in [-0.05, 0) is 56.4 Å². The van der Waals surface area contributed by atoms with Crippen molar-refractivity contribution in [2.24, 2.45) is 0 Å². The van der Waals surface area contributed by atoms with Gasteiger partial charge in [0, 0.05) is 23.7 Å². The zero-order chi connectivity index (χ0) is 14.5. The Kier molecular flexibility index (Phi) is 4.25. The van der Waals surface area contributed by atoms with Crippen LogP contribution in [0.25, 0.3) is 17.3 Å². The van der Waals surface area contributed by atoms with Gasteiger partial charge in [-0.1, -0.05) is 29.9 Å². The molecule has 0 unspecified atom stereocenters. The van der Waals surface area contributed by atoms with Gasteiger partial charge >= 0.3 is 0 Å². The van der Waals surface area contributed by atoms with E-state index < -0.39 is 0 Å². The number of aryl methyl sites for hydroxylation is 1. The minimum Gasteiger partial charge on any atom is -0.260 e. The van der Waals surface area contributed by atoms with Crippen LogP contribution in [0, 0.1) is 6.92 Å². The molecule has 2 aromatic rings. The molecule has 0 aromatic carbocycles. The Labute approximate surface area is 126 Å². The minimum atomic E-state index is 0.969. The van der Waals surface area contributed by atoms with Crippen molar-refractivity contribution in [3.05, 3.63) is 65.6 Å². The topological polar surface area (TPSA) is 25.8 Å². The van der Waals surface area contributed by atoms with E-state index in [9.17, 15) is 0 Å². The zero-order valence-electron chi connectivity index (χ0n) is 12.4. The monoisotopic (exact) mass is 276 g/mol. The van der Waals surface area contributed by atoms with Gasteiger partial charge < -0.3 is 0 Å². The van der Waals surface area contributed by atoms with Crippen molar-refractivity contribution < 1.29 is 0 Å². The Hall–Kier alpha value is -2.22. The molecule has 0 saturated carbocycles. The number of hydrogen-bond acceptors (Lipinski definition) is 2. The lowest BCUT2D eigenvalue weighted by Crippen LogP contribution is -1.91. The van der Waals surface area contributed by atoms with Crippen molar-refractivity contribution in [2.45, 2.75) is 32.6 Å². The van der Waals surface area contributed by atoms with Gasteiger partial charge in [0.2, 0.25) is 0 Å². The third-order valence-corrected chi connectivity index (χ3v) is 3.89. The van der Waals surface area contributed by atoms with Crippen LogP contribution < -0.4 is 0 Å². The molecule has 3 rings (SSSR count). The summed E-state index contributed by atoms with van der Waals surface area (Å²) in [5, 5.41) is 0. The minimum absolute atomic E-state index is 0.969. The summed E-state index contributed by atoms with van der Waals surface area (Å²) >= 11 is 0. The molecular weight excluding hydrogens is 256 g/mol. The van der Waals surface area contributed by atoms with Gasteiger partial charge in [0.15, 0.2) is 0 Å². The van der Waals surface area contributed by atoms with E-state index in [0.717, 1.165) is 17.0 Å². The first-order valence-corrected chi connectivity index (χ1v) is 7.58. The van der Waals surface area contributed by atoms with Crippen LogP contribution in [-0.4, -0.2) is 9.97 Å². The fourth-order valence-corrected chi connectivity index (χ4v) is 2.60. The molecule has 0 bridgehead atoms. The van der Waals surface area contributed by atoms with Crippen LogP contribution in [0.15, 0.2) is 54.4 Å².